The van der Waals surface area contributed by atoms with Gasteiger partial charge in [0.2, 0.25) is 0 Å². The Hall–Kier alpha value is -3.58. The molecule has 1 heteroatoms. The Morgan fingerprint density at radius 1 is 0.467 bits per heavy atom. The van der Waals surface area contributed by atoms with E-state index in [1.807, 2.05) is 0 Å². The van der Waals surface area contributed by atoms with Gasteiger partial charge in [-0.25, -0.2) is 0 Å². The van der Waals surface area contributed by atoms with Gasteiger partial charge in [0.25, 0.3) is 0 Å². The van der Waals surface area contributed by atoms with Crippen molar-refractivity contribution < 1.29 is 0 Å². The molecule has 140 valence electrons. The molecule has 30 heavy (non-hydrogen) atoms. The van der Waals surface area contributed by atoms with E-state index < -0.39 is 0 Å². The Balaban J connectivity index is 1.55. The molecule has 0 bridgehead atoms. The highest BCUT2D eigenvalue weighted by atomic mass is 15.2. The van der Waals surface area contributed by atoms with Crippen LogP contribution in [0.2, 0.25) is 0 Å². The number of fused-ring (bicyclic) bond motifs is 3. The summed E-state index contributed by atoms with van der Waals surface area (Å²) < 4.78 is 0. The first-order valence-corrected chi connectivity index (χ1v) is 10.8. The number of benzene rings is 5. The van der Waals surface area contributed by atoms with E-state index in [-0.39, 0.29) is 0 Å². The molecule has 0 unspecified atom stereocenters. The Morgan fingerprint density at radius 2 is 1.07 bits per heavy atom. The highest BCUT2D eigenvalue weighted by Crippen LogP contribution is 2.56. The molecule has 0 saturated carbocycles. The fraction of sp³-hybridized carbons (Fsp3) is 0.103. The lowest BCUT2D eigenvalue weighted by Gasteiger charge is -2.44. The van der Waals surface area contributed by atoms with Crippen molar-refractivity contribution >= 4 is 38.6 Å². The van der Waals surface area contributed by atoms with Crippen LogP contribution in [0.3, 0.4) is 0 Å². The average molecular weight is 381 g/mol. The summed E-state index contributed by atoms with van der Waals surface area (Å²) in [5.74, 6) is 0. The highest BCUT2D eigenvalue weighted by Gasteiger charge is 2.37. The monoisotopic (exact) mass is 381 g/mol. The third-order valence-electron chi connectivity index (χ3n) is 7.37. The first-order chi connectivity index (χ1) is 14.8. The van der Waals surface area contributed by atoms with E-state index in [4.69, 9.17) is 0 Å². The zero-order valence-corrected chi connectivity index (χ0v) is 16.6. The van der Waals surface area contributed by atoms with Gasteiger partial charge in [0.05, 0.1) is 17.1 Å². The first kappa shape index (κ1) is 15.3. The largest absolute Gasteiger partial charge is 0.309 e. The zero-order valence-electron chi connectivity index (χ0n) is 16.6. The zero-order chi connectivity index (χ0) is 19.4. The van der Waals surface area contributed by atoms with E-state index in [2.05, 4.69) is 83.8 Å². The molecule has 0 aromatic heterocycles. The number of nitrogens with zero attached hydrogens (tertiary/aromatic N) is 1. The molecule has 3 heterocycles. The van der Waals surface area contributed by atoms with Crippen molar-refractivity contribution in [3.05, 3.63) is 112 Å². The molecule has 3 aliphatic rings. The van der Waals surface area contributed by atoms with Crippen LogP contribution in [0.5, 0.6) is 0 Å². The minimum absolute atomic E-state index is 1.02. The van der Waals surface area contributed by atoms with Gasteiger partial charge in [-0.15, -0.1) is 0 Å². The van der Waals surface area contributed by atoms with Crippen LogP contribution >= 0.6 is 0 Å². The van der Waals surface area contributed by atoms with Crippen molar-refractivity contribution in [1.82, 2.24) is 0 Å². The molecular weight excluding hydrogens is 362 g/mol. The minimum Gasteiger partial charge on any atom is -0.309 e. The number of para-hydroxylation sites is 2. The van der Waals surface area contributed by atoms with E-state index in [0.29, 0.717) is 0 Å². The molecule has 0 radical (unpaired) electrons. The van der Waals surface area contributed by atoms with Crippen molar-refractivity contribution in [1.29, 1.82) is 0 Å². The Labute approximate surface area is 175 Å². The molecule has 0 amide bonds. The van der Waals surface area contributed by atoms with Gasteiger partial charge in [-0.1, -0.05) is 60.7 Å². The molecule has 5 aromatic carbocycles. The Bertz CT molecular complexity index is 1560. The van der Waals surface area contributed by atoms with Crippen LogP contribution in [0, 0.1) is 0 Å². The first-order valence-electron chi connectivity index (χ1n) is 10.8. The predicted molar refractivity (Wildman–Crippen MR) is 125 cm³/mol. The molecule has 0 spiro atoms. The van der Waals surface area contributed by atoms with Crippen molar-refractivity contribution in [2.45, 2.75) is 19.3 Å². The lowest BCUT2D eigenvalue weighted by Crippen LogP contribution is -2.29. The van der Waals surface area contributed by atoms with Gasteiger partial charge in [0, 0.05) is 19.3 Å². The smallest absolute Gasteiger partial charge is 0.0539 e. The van der Waals surface area contributed by atoms with E-state index in [1.54, 1.807) is 0 Å². The van der Waals surface area contributed by atoms with Crippen LogP contribution in [-0.4, -0.2) is 0 Å². The molecule has 0 atom stereocenters. The molecule has 0 fully saturated rings. The maximum absolute atomic E-state index is 2.62. The second-order valence-corrected chi connectivity index (χ2v) is 9.00. The maximum Gasteiger partial charge on any atom is 0.0539 e. The van der Waals surface area contributed by atoms with Gasteiger partial charge in [0.15, 0.2) is 0 Å². The van der Waals surface area contributed by atoms with Crippen molar-refractivity contribution in [3.63, 3.8) is 0 Å². The van der Waals surface area contributed by atoms with E-state index >= 15 is 0 Å². The van der Waals surface area contributed by atoms with Gasteiger partial charge in [-0.05, 0) is 73.1 Å². The third-order valence-corrected chi connectivity index (χ3v) is 7.37. The van der Waals surface area contributed by atoms with E-state index in [9.17, 15) is 0 Å². The van der Waals surface area contributed by atoms with Crippen LogP contribution in [0.25, 0.3) is 21.5 Å². The number of anilines is 3. The molecule has 0 N–H and O–H groups in total. The number of hydrogen-bond donors (Lipinski definition) is 0. The number of rotatable bonds is 0. The quantitative estimate of drug-likeness (QED) is 0.252. The maximum atomic E-state index is 2.62. The summed E-state index contributed by atoms with van der Waals surface area (Å²) in [5, 5.41) is 5.44. The molecule has 5 aromatic rings. The summed E-state index contributed by atoms with van der Waals surface area (Å²) in [6.45, 7) is 0. The molecule has 0 aliphatic carbocycles. The van der Waals surface area contributed by atoms with Crippen LogP contribution in [-0.2, 0) is 19.3 Å². The van der Waals surface area contributed by atoms with Gasteiger partial charge in [0.1, 0.15) is 0 Å². The molecule has 1 nitrogen and oxygen atoms in total. The summed E-state index contributed by atoms with van der Waals surface area (Å²) in [4.78, 5) is 2.62. The summed E-state index contributed by atoms with van der Waals surface area (Å²) in [7, 11) is 0. The van der Waals surface area contributed by atoms with Gasteiger partial charge in [-0.3, -0.25) is 0 Å². The summed E-state index contributed by atoms with van der Waals surface area (Å²) >= 11 is 0. The van der Waals surface area contributed by atoms with Crippen LogP contribution < -0.4 is 4.90 Å². The van der Waals surface area contributed by atoms with Gasteiger partial charge in [-0.2, -0.15) is 0 Å². The molecular formula is C29H19N. The molecule has 0 saturated heterocycles. The minimum atomic E-state index is 1.02. The summed E-state index contributed by atoms with van der Waals surface area (Å²) in [6.07, 6.45) is 3.10. The predicted octanol–water partition coefficient (Wildman–Crippen LogP) is 7.18. The highest BCUT2D eigenvalue weighted by molar-refractivity contribution is 6.06. The lowest BCUT2D eigenvalue weighted by atomic mass is 9.78. The summed E-state index contributed by atoms with van der Waals surface area (Å²) in [6, 6.07) is 29.8. The number of hydrogen-bond acceptors (Lipinski definition) is 1. The lowest BCUT2D eigenvalue weighted by molar-refractivity contribution is 0.963. The van der Waals surface area contributed by atoms with Crippen LogP contribution in [0.4, 0.5) is 17.1 Å². The van der Waals surface area contributed by atoms with Crippen molar-refractivity contribution in [3.8, 4) is 0 Å². The standard InChI is InChI=1S/C29H19N/c1-2-6-18-15-25-23(11-17(18)5-1)14-24-13-21-9-3-7-19-12-20-8-4-10-22-16-26(25)29(24)30(27(19)21)28(20)22/h1-11,14-15H,12-13,16H2. The summed E-state index contributed by atoms with van der Waals surface area (Å²) in [5.41, 5.74) is 13.2. The Kier molecular flexibility index (Phi) is 2.61. The molecule has 3 aliphatic heterocycles. The van der Waals surface area contributed by atoms with Crippen LogP contribution in [0.1, 0.15) is 33.4 Å². The second kappa shape index (κ2) is 5.12. The SMILES string of the molecule is c1cc2c3c(c1)Cc1cc4cc5ccccc5cc4c4c1N3c1c(cccc1C4)C2. The Morgan fingerprint density at radius 3 is 1.77 bits per heavy atom. The second-order valence-electron chi connectivity index (χ2n) is 9.00. The fourth-order valence-corrected chi connectivity index (χ4v) is 6.18. The average Bonchev–Trinajstić information content (AvgIpc) is 2.78. The van der Waals surface area contributed by atoms with Gasteiger partial charge < -0.3 is 4.90 Å². The third kappa shape index (κ3) is 1.75. The van der Waals surface area contributed by atoms with Crippen molar-refractivity contribution in [2.75, 3.05) is 4.90 Å². The van der Waals surface area contributed by atoms with Crippen LogP contribution in [0.15, 0.2) is 78.9 Å². The van der Waals surface area contributed by atoms with Gasteiger partial charge >= 0.3 is 0 Å². The molecule has 8 rings (SSSR count). The topological polar surface area (TPSA) is 3.24 Å². The normalized spacial score (nSPS) is 14.9. The van der Waals surface area contributed by atoms with E-state index in [0.717, 1.165) is 19.3 Å². The fourth-order valence-electron chi connectivity index (χ4n) is 6.18. The van der Waals surface area contributed by atoms with Crippen molar-refractivity contribution in [2.24, 2.45) is 0 Å². The van der Waals surface area contributed by atoms with E-state index in [1.165, 1.54) is 72.0 Å².